The van der Waals surface area contributed by atoms with Crippen LogP contribution in [-0.2, 0) is 12.8 Å². The van der Waals surface area contributed by atoms with Crippen LogP contribution in [0, 0.1) is 29.4 Å². The predicted octanol–water partition coefficient (Wildman–Crippen LogP) is 9.20. The Morgan fingerprint density at radius 3 is 2.03 bits per heavy atom. The SMILES string of the molecule is CCOc1ccc(C2CCC(C3CCC(/C=C/CCc4ccc(CC)cc4)CC3)CC2)c(F)c1F. The van der Waals surface area contributed by atoms with E-state index in [0.717, 1.165) is 62.7 Å². The lowest BCUT2D eigenvalue weighted by molar-refractivity contribution is 0.170. The molecule has 2 fully saturated rings. The summed E-state index contributed by atoms with van der Waals surface area (Å²) in [4.78, 5) is 0. The Morgan fingerprint density at radius 1 is 0.771 bits per heavy atom. The number of hydrogen-bond donors (Lipinski definition) is 0. The van der Waals surface area contributed by atoms with Gasteiger partial charge in [-0.15, -0.1) is 0 Å². The van der Waals surface area contributed by atoms with Gasteiger partial charge in [-0.2, -0.15) is 4.39 Å². The summed E-state index contributed by atoms with van der Waals surface area (Å²) < 4.78 is 34.2. The monoisotopic (exact) mass is 480 g/mol. The highest BCUT2D eigenvalue weighted by Gasteiger charge is 2.32. The summed E-state index contributed by atoms with van der Waals surface area (Å²) in [7, 11) is 0. The zero-order chi connectivity index (χ0) is 24.6. The lowest BCUT2D eigenvalue weighted by Gasteiger charge is -2.37. The molecule has 0 amide bonds. The van der Waals surface area contributed by atoms with E-state index in [4.69, 9.17) is 4.74 Å². The average molecular weight is 481 g/mol. The topological polar surface area (TPSA) is 9.23 Å². The molecule has 0 saturated heterocycles. The van der Waals surface area contributed by atoms with Crippen molar-refractivity contribution in [1.82, 2.24) is 0 Å². The molecule has 0 heterocycles. The zero-order valence-electron chi connectivity index (χ0n) is 21.6. The highest BCUT2D eigenvalue weighted by Crippen LogP contribution is 2.45. The van der Waals surface area contributed by atoms with Gasteiger partial charge in [0.15, 0.2) is 11.6 Å². The van der Waals surface area contributed by atoms with E-state index in [9.17, 15) is 8.78 Å². The number of rotatable bonds is 9. The lowest BCUT2D eigenvalue weighted by atomic mass is 9.68. The third-order valence-electron chi connectivity index (χ3n) is 8.51. The third kappa shape index (κ3) is 6.74. The number of aryl methyl sites for hydroxylation is 2. The molecule has 0 radical (unpaired) electrons. The Morgan fingerprint density at radius 2 is 1.40 bits per heavy atom. The number of allylic oxidation sites excluding steroid dienone is 2. The lowest BCUT2D eigenvalue weighted by Crippen LogP contribution is -2.25. The maximum atomic E-state index is 14.7. The molecule has 2 aromatic carbocycles. The summed E-state index contributed by atoms with van der Waals surface area (Å²) in [6, 6.07) is 12.4. The van der Waals surface area contributed by atoms with Gasteiger partial charge < -0.3 is 4.74 Å². The van der Waals surface area contributed by atoms with Crippen molar-refractivity contribution in [2.45, 2.75) is 90.4 Å². The molecule has 0 aliphatic heterocycles. The van der Waals surface area contributed by atoms with E-state index in [1.165, 1.54) is 36.8 Å². The van der Waals surface area contributed by atoms with Crippen LogP contribution < -0.4 is 4.74 Å². The van der Waals surface area contributed by atoms with Crippen molar-refractivity contribution < 1.29 is 13.5 Å². The zero-order valence-corrected chi connectivity index (χ0v) is 21.6. The summed E-state index contributed by atoms with van der Waals surface area (Å²) in [6.45, 7) is 4.32. The fourth-order valence-corrected chi connectivity index (χ4v) is 6.32. The standard InChI is InChI=1S/C32H42F2O/c1-3-23-9-11-24(12-10-23)7-5-6-8-25-13-15-26(16-14-25)27-17-19-28(20-18-27)29-21-22-30(35-4-2)32(34)31(29)33/h6,8-12,21-22,25-28H,3-5,7,13-20H2,1-2H3/b8-6+. The molecule has 0 N–H and O–H groups in total. The minimum absolute atomic E-state index is 0.0267. The Hall–Kier alpha value is -2.16. The van der Waals surface area contributed by atoms with E-state index in [2.05, 4.69) is 43.3 Å². The van der Waals surface area contributed by atoms with E-state index in [1.54, 1.807) is 19.1 Å². The van der Waals surface area contributed by atoms with Crippen LogP contribution >= 0.6 is 0 Å². The average Bonchev–Trinajstić information content (AvgIpc) is 2.90. The van der Waals surface area contributed by atoms with Crippen molar-refractivity contribution in [1.29, 1.82) is 0 Å². The molecule has 35 heavy (non-hydrogen) atoms. The number of halogens is 2. The maximum Gasteiger partial charge on any atom is 0.200 e. The Kier molecular flexibility index (Phi) is 9.40. The van der Waals surface area contributed by atoms with Gasteiger partial charge in [-0.25, -0.2) is 4.39 Å². The summed E-state index contributed by atoms with van der Waals surface area (Å²) in [5.41, 5.74) is 3.38. The highest BCUT2D eigenvalue weighted by atomic mass is 19.2. The van der Waals surface area contributed by atoms with Crippen LogP contribution in [0.1, 0.15) is 94.2 Å². The Labute approximate surface area is 211 Å². The minimum Gasteiger partial charge on any atom is -0.491 e. The van der Waals surface area contributed by atoms with Crippen molar-refractivity contribution in [2.24, 2.45) is 17.8 Å². The Bertz CT molecular complexity index is 948. The van der Waals surface area contributed by atoms with Crippen molar-refractivity contribution in [2.75, 3.05) is 6.61 Å². The first-order chi connectivity index (χ1) is 17.1. The Balaban J connectivity index is 1.19. The van der Waals surface area contributed by atoms with Gasteiger partial charge in [0.2, 0.25) is 5.82 Å². The molecule has 3 heteroatoms. The molecule has 0 spiro atoms. The molecule has 2 saturated carbocycles. The summed E-state index contributed by atoms with van der Waals surface area (Å²) in [5.74, 6) is 0.910. The second kappa shape index (κ2) is 12.7. The van der Waals surface area contributed by atoms with E-state index in [-0.39, 0.29) is 11.7 Å². The predicted molar refractivity (Wildman–Crippen MR) is 141 cm³/mol. The number of benzene rings is 2. The van der Waals surface area contributed by atoms with Crippen LogP contribution in [0.2, 0.25) is 0 Å². The quantitative estimate of drug-likeness (QED) is 0.325. The first kappa shape index (κ1) is 25.9. The largest absolute Gasteiger partial charge is 0.491 e. The van der Waals surface area contributed by atoms with Gasteiger partial charge in [-0.05, 0) is 124 Å². The van der Waals surface area contributed by atoms with Crippen LogP contribution in [0.4, 0.5) is 8.78 Å². The molecule has 1 nitrogen and oxygen atoms in total. The van der Waals surface area contributed by atoms with Gasteiger partial charge >= 0.3 is 0 Å². The summed E-state index contributed by atoms with van der Waals surface area (Å²) >= 11 is 0. The molecular formula is C32H42F2O. The highest BCUT2D eigenvalue weighted by molar-refractivity contribution is 5.33. The van der Waals surface area contributed by atoms with Gasteiger partial charge in [0, 0.05) is 0 Å². The van der Waals surface area contributed by atoms with Crippen molar-refractivity contribution in [3.8, 4) is 5.75 Å². The van der Waals surface area contributed by atoms with Crippen molar-refractivity contribution in [3.63, 3.8) is 0 Å². The second-order valence-electron chi connectivity index (χ2n) is 10.6. The van der Waals surface area contributed by atoms with Gasteiger partial charge in [-0.3, -0.25) is 0 Å². The van der Waals surface area contributed by atoms with E-state index in [0.29, 0.717) is 12.2 Å². The molecule has 2 aliphatic carbocycles. The number of ether oxygens (including phenoxy) is 1. The van der Waals surface area contributed by atoms with Crippen molar-refractivity contribution >= 4 is 0 Å². The molecule has 2 aromatic rings. The normalized spacial score (nSPS) is 25.1. The molecule has 190 valence electrons. The van der Waals surface area contributed by atoms with E-state index >= 15 is 0 Å². The smallest absolute Gasteiger partial charge is 0.200 e. The van der Waals surface area contributed by atoms with Crippen LogP contribution in [-0.4, -0.2) is 6.61 Å². The summed E-state index contributed by atoms with van der Waals surface area (Å²) in [6.07, 6.45) is 17.6. The van der Waals surface area contributed by atoms with Gasteiger partial charge in [0.05, 0.1) is 6.61 Å². The third-order valence-corrected chi connectivity index (χ3v) is 8.51. The molecule has 0 unspecified atom stereocenters. The van der Waals surface area contributed by atoms with E-state index in [1.807, 2.05) is 0 Å². The molecule has 2 aliphatic rings. The molecule has 0 atom stereocenters. The fourth-order valence-electron chi connectivity index (χ4n) is 6.32. The fraction of sp³-hybridized carbons (Fsp3) is 0.562. The van der Waals surface area contributed by atoms with Crippen molar-refractivity contribution in [3.05, 3.63) is 76.9 Å². The molecule has 0 bridgehead atoms. The summed E-state index contributed by atoms with van der Waals surface area (Å²) in [5, 5.41) is 0. The number of hydrogen-bond acceptors (Lipinski definition) is 1. The molecular weight excluding hydrogens is 438 g/mol. The van der Waals surface area contributed by atoms with Gasteiger partial charge in [0.1, 0.15) is 0 Å². The first-order valence-corrected chi connectivity index (χ1v) is 13.9. The molecule has 4 rings (SSSR count). The van der Waals surface area contributed by atoms with Crippen LogP contribution in [0.25, 0.3) is 0 Å². The van der Waals surface area contributed by atoms with Crippen LogP contribution in [0.5, 0.6) is 5.75 Å². The van der Waals surface area contributed by atoms with Crippen LogP contribution in [0.15, 0.2) is 48.6 Å². The van der Waals surface area contributed by atoms with Gasteiger partial charge in [-0.1, -0.05) is 49.4 Å². The van der Waals surface area contributed by atoms with E-state index < -0.39 is 11.6 Å². The first-order valence-electron chi connectivity index (χ1n) is 13.9. The maximum absolute atomic E-state index is 14.7. The minimum atomic E-state index is -0.827. The molecule has 0 aromatic heterocycles. The van der Waals surface area contributed by atoms with Gasteiger partial charge in [0.25, 0.3) is 0 Å². The second-order valence-corrected chi connectivity index (χ2v) is 10.6. The van der Waals surface area contributed by atoms with Crippen LogP contribution in [0.3, 0.4) is 0 Å².